The number of benzene rings is 2. The summed E-state index contributed by atoms with van der Waals surface area (Å²) < 4.78 is 1.86. The van der Waals surface area contributed by atoms with Crippen LogP contribution < -0.4 is 5.32 Å². The molecule has 1 N–H and O–H groups in total. The Morgan fingerprint density at radius 1 is 1.22 bits per heavy atom. The number of rotatable bonds is 6. The molecule has 1 amide bonds. The van der Waals surface area contributed by atoms with Gasteiger partial charge in [-0.3, -0.25) is 14.9 Å². The van der Waals surface area contributed by atoms with Crippen molar-refractivity contribution >= 4 is 11.6 Å². The normalized spacial score (nSPS) is 10.2. The summed E-state index contributed by atoms with van der Waals surface area (Å²) in [7, 11) is 0. The van der Waals surface area contributed by atoms with E-state index in [1.807, 2.05) is 16.7 Å². The summed E-state index contributed by atoms with van der Waals surface area (Å²) in [4.78, 5) is 26.9. The second kappa shape index (κ2) is 7.93. The van der Waals surface area contributed by atoms with Crippen molar-refractivity contribution in [2.45, 2.75) is 13.1 Å². The second-order valence-electron chi connectivity index (χ2n) is 5.78. The molecule has 8 heteroatoms. The van der Waals surface area contributed by atoms with Gasteiger partial charge in [-0.1, -0.05) is 24.3 Å². The van der Waals surface area contributed by atoms with E-state index in [2.05, 4.69) is 16.4 Å². The van der Waals surface area contributed by atoms with E-state index in [1.165, 1.54) is 18.2 Å². The molecule has 0 saturated heterocycles. The van der Waals surface area contributed by atoms with E-state index in [-0.39, 0.29) is 17.8 Å². The van der Waals surface area contributed by atoms with Gasteiger partial charge in [0.1, 0.15) is 5.56 Å². The molecule has 0 radical (unpaired) electrons. The lowest BCUT2D eigenvalue weighted by atomic mass is 10.1. The molecule has 1 heterocycles. The molecular formula is C19H15N5O3. The minimum Gasteiger partial charge on any atom is -0.346 e. The van der Waals surface area contributed by atoms with Crippen molar-refractivity contribution in [1.29, 1.82) is 5.26 Å². The molecule has 0 saturated carbocycles. The maximum absolute atomic E-state index is 12.3. The Labute approximate surface area is 154 Å². The van der Waals surface area contributed by atoms with E-state index in [4.69, 9.17) is 5.26 Å². The highest BCUT2D eigenvalue weighted by atomic mass is 16.6. The van der Waals surface area contributed by atoms with Crippen LogP contribution in [0.3, 0.4) is 0 Å². The zero-order valence-corrected chi connectivity index (χ0v) is 14.2. The lowest BCUT2D eigenvalue weighted by Gasteiger charge is -2.10. The van der Waals surface area contributed by atoms with Crippen LogP contribution in [-0.2, 0) is 13.1 Å². The highest BCUT2D eigenvalue weighted by Crippen LogP contribution is 2.17. The van der Waals surface area contributed by atoms with Gasteiger partial charge in [0.2, 0.25) is 0 Å². The van der Waals surface area contributed by atoms with Gasteiger partial charge in [0, 0.05) is 18.8 Å². The number of nitrogens with zero attached hydrogens (tertiary/aromatic N) is 4. The minimum atomic E-state index is -0.579. The summed E-state index contributed by atoms with van der Waals surface area (Å²) >= 11 is 0. The molecule has 8 nitrogen and oxygen atoms in total. The number of nitro groups is 1. The molecule has 3 rings (SSSR count). The van der Waals surface area contributed by atoms with Crippen LogP contribution in [0.2, 0.25) is 0 Å². The van der Waals surface area contributed by atoms with Gasteiger partial charge in [-0.25, -0.2) is 4.98 Å². The largest absolute Gasteiger partial charge is 0.346 e. The van der Waals surface area contributed by atoms with Gasteiger partial charge >= 0.3 is 0 Å². The third kappa shape index (κ3) is 4.16. The number of nitriles is 1. The summed E-state index contributed by atoms with van der Waals surface area (Å²) in [5, 5.41) is 22.6. The average molecular weight is 361 g/mol. The number of hydrogen-bond donors (Lipinski definition) is 1. The molecule has 0 atom stereocenters. The molecule has 134 valence electrons. The Morgan fingerprint density at radius 3 is 2.67 bits per heavy atom. The van der Waals surface area contributed by atoms with Crippen molar-refractivity contribution < 1.29 is 9.72 Å². The fourth-order valence-electron chi connectivity index (χ4n) is 2.61. The smallest absolute Gasteiger partial charge is 0.282 e. The van der Waals surface area contributed by atoms with Gasteiger partial charge in [0.05, 0.1) is 35.1 Å². The van der Waals surface area contributed by atoms with Crippen LogP contribution in [0.15, 0.2) is 61.1 Å². The predicted octanol–water partition coefficient (Wildman–Crippen LogP) is 2.64. The third-order valence-electron chi connectivity index (χ3n) is 4.01. The fraction of sp³-hybridized carbons (Fsp3) is 0.105. The van der Waals surface area contributed by atoms with E-state index in [1.54, 1.807) is 30.7 Å². The van der Waals surface area contributed by atoms with Crippen LogP contribution in [0.5, 0.6) is 0 Å². The topological polar surface area (TPSA) is 114 Å². The fourth-order valence-corrected chi connectivity index (χ4v) is 2.61. The molecular weight excluding hydrogens is 346 g/mol. The number of nitro benzene ring substituents is 1. The van der Waals surface area contributed by atoms with Gasteiger partial charge in [-0.05, 0) is 23.8 Å². The molecule has 2 aromatic carbocycles. The Morgan fingerprint density at radius 2 is 1.96 bits per heavy atom. The van der Waals surface area contributed by atoms with Crippen molar-refractivity contribution in [1.82, 2.24) is 14.9 Å². The number of imidazole rings is 1. The summed E-state index contributed by atoms with van der Waals surface area (Å²) in [6, 6.07) is 15.1. The van der Waals surface area contributed by atoms with Gasteiger partial charge in [0.15, 0.2) is 0 Å². The monoisotopic (exact) mass is 361 g/mol. The Balaban J connectivity index is 1.69. The van der Waals surface area contributed by atoms with Gasteiger partial charge < -0.3 is 9.88 Å². The van der Waals surface area contributed by atoms with Crippen LogP contribution in [0.1, 0.15) is 27.2 Å². The first-order valence-corrected chi connectivity index (χ1v) is 8.08. The molecule has 0 aliphatic carbocycles. The SMILES string of the molecule is N#Cc1ccc(Cn2cncc2CNC(=O)c2ccccc2[N+](=O)[O-])cc1. The molecule has 0 unspecified atom stereocenters. The average Bonchev–Trinajstić information content (AvgIpc) is 3.13. The van der Waals surface area contributed by atoms with Gasteiger partial charge in [-0.2, -0.15) is 5.26 Å². The molecule has 1 aromatic heterocycles. The first-order chi connectivity index (χ1) is 13.1. The molecule has 0 bridgehead atoms. The van der Waals surface area contributed by atoms with Crippen LogP contribution in [-0.4, -0.2) is 20.4 Å². The van der Waals surface area contributed by atoms with Crippen LogP contribution >= 0.6 is 0 Å². The molecule has 0 aliphatic heterocycles. The number of nitrogens with one attached hydrogen (secondary N) is 1. The first kappa shape index (κ1) is 17.8. The van der Waals surface area contributed by atoms with Crippen molar-refractivity contribution in [3.63, 3.8) is 0 Å². The predicted molar refractivity (Wildman–Crippen MR) is 96.8 cm³/mol. The standard InChI is InChI=1S/C19H15N5O3/c20-9-14-5-7-15(8-6-14)12-23-13-21-10-16(23)11-22-19(25)17-3-1-2-4-18(17)24(26)27/h1-8,10,13H,11-12H2,(H,22,25). The number of carbonyl (C=O) groups is 1. The molecule has 27 heavy (non-hydrogen) atoms. The van der Waals surface area contributed by atoms with Crippen molar-refractivity contribution in [3.05, 3.63) is 93.6 Å². The summed E-state index contributed by atoms with van der Waals surface area (Å²) in [6.07, 6.45) is 3.27. The van der Waals surface area contributed by atoms with E-state index >= 15 is 0 Å². The zero-order chi connectivity index (χ0) is 19.2. The van der Waals surface area contributed by atoms with Crippen molar-refractivity contribution in [3.8, 4) is 6.07 Å². The molecule has 3 aromatic rings. The third-order valence-corrected chi connectivity index (χ3v) is 4.01. The van der Waals surface area contributed by atoms with Crippen LogP contribution in [0.25, 0.3) is 0 Å². The highest BCUT2D eigenvalue weighted by molar-refractivity contribution is 5.98. The zero-order valence-electron chi connectivity index (χ0n) is 14.2. The number of amides is 1. The van der Waals surface area contributed by atoms with E-state index < -0.39 is 10.8 Å². The number of carbonyl (C=O) groups excluding carboxylic acids is 1. The quantitative estimate of drug-likeness (QED) is 0.535. The number of aromatic nitrogens is 2. The second-order valence-corrected chi connectivity index (χ2v) is 5.78. The number of hydrogen-bond acceptors (Lipinski definition) is 5. The van der Waals surface area contributed by atoms with Gasteiger partial charge in [-0.15, -0.1) is 0 Å². The minimum absolute atomic E-state index is 0.0145. The summed E-state index contributed by atoms with van der Waals surface area (Å²) in [5.41, 5.74) is 2.10. The van der Waals surface area contributed by atoms with E-state index in [0.29, 0.717) is 12.1 Å². The van der Waals surface area contributed by atoms with Crippen LogP contribution in [0.4, 0.5) is 5.69 Å². The van der Waals surface area contributed by atoms with E-state index in [0.717, 1.165) is 11.3 Å². The Kier molecular flexibility index (Phi) is 5.23. The molecule has 0 fully saturated rings. The maximum Gasteiger partial charge on any atom is 0.282 e. The van der Waals surface area contributed by atoms with Gasteiger partial charge in [0.25, 0.3) is 11.6 Å². The highest BCUT2D eigenvalue weighted by Gasteiger charge is 2.19. The van der Waals surface area contributed by atoms with Crippen LogP contribution in [0, 0.1) is 21.4 Å². The molecule has 0 aliphatic rings. The van der Waals surface area contributed by atoms with E-state index in [9.17, 15) is 14.9 Å². The lowest BCUT2D eigenvalue weighted by Crippen LogP contribution is -2.25. The number of para-hydroxylation sites is 1. The van der Waals surface area contributed by atoms with Crippen molar-refractivity contribution in [2.75, 3.05) is 0 Å². The molecule has 0 spiro atoms. The van der Waals surface area contributed by atoms with Crippen molar-refractivity contribution in [2.24, 2.45) is 0 Å². The summed E-state index contributed by atoms with van der Waals surface area (Å²) in [6.45, 7) is 0.712. The first-order valence-electron chi connectivity index (χ1n) is 8.08. The summed E-state index contributed by atoms with van der Waals surface area (Å²) in [5.74, 6) is -0.520. The lowest BCUT2D eigenvalue weighted by molar-refractivity contribution is -0.385. The Bertz CT molecular complexity index is 1020. The Hall–Kier alpha value is -3.99. The maximum atomic E-state index is 12.3.